The van der Waals surface area contributed by atoms with Gasteiger partial charge < -0.3 is 11.5 Å². The van der Waals surface area contributed by atoms with Crippen LogP contribution in [0.1, 0.15) is 0 Å². The van der Waals surface area contributed by atoms with Gasteiger partial charge in [-0.05, 0) is 30.3 Å². The zero-order valence-corrected chi connectivity index (χ0v) is 10.0. The fraction of sp³-hybridized carbons (Fsp3) is 0. The Morgan fingerprint density at radius 3 is 1.69 bits per heavy atom. The highest BCUT2D eigenvalue weighted by Gasteiger charge is 1.94. The first-order valence-corrected chi connectivity index (χ1v) is 5.36. The van der Waals surface area contributed by atoms with Gasteiger partial charge in [0, 0.05) is 11.4 Å². The molecule has 0 saturated carbocycles. The van der Waals surface area contributed by atoms with E-state index >= 15 is 0 Å². The number of nitrogen functional groups attached to an aromatic ring is 2. The largest absolute Gasteiger partial charge is 0.399 e. The van der Waals surface area contributed by atoms with Crippen molar-refractivity contribution < 1.29 is 0 Å². The molecule has 0 aliphatic heterocycles. The third kappa shape index (κ3) is 4.43. The number of hydrogen-bond donors (Lipinski definition) is 2. The number of para-hydroxylation sites is 1. The number of hydrogen-bond acceptors (Lipinski definition) is 2. The van der Waals surface area contributed by atoms with E-state index in [1.54, 1.807) is 18.2 Å². The summed E-state index contributed by atoms with van der Waals surface area (Å²) in [7, 11) is 0. The molecule has 0 aliphatic carbocycles. The molecule has 0 aromatic heterocycles. The second kappa shape index (κ2) is 6.26. The van der Waals surface area contributed by atoms with E-state index in [-0.39, 0.29) is 0 Å². The maximum absolute atomic E-state index is 5.60. The van der Waals surface area contributed by atoms with Crippen LogP contribution in [0.3, 0.4) is 0 Å². The number of anilines is 2. The quantitative estimate of drug-likeness (QED) is 0.702. The van der Waals surface area contributed by atoms with Crippen LogP contribution in [0, 0.1) is 0 Å². The molecule has 0 saturated heterocycles. The Labute approximate surface area is 105 Å². The molecule has 4 N–H and O–H groups in total. The van der Waals surface area contributed by atoms with Crippen LogP contribution in [0.5, 0.6) is 0 Å². The first-order valence-electron chi connectivity index (χ1n) is 4.60. The molecule has 0 heterocycles. The van der Waals surface area contributed by atoms with Gasteiger partial charge in [0.15, 0.2) is 0 Å². The van der Waals surface area contributed by atoms with Crippen molar-refractivity contribution in [2.45, 2.75) is 0 Å². The minimum absolute atomic E-state index is 0.497. The summed E-state index contributed by atoms with van der Waals surface area (Å²) in [6.07, 6.45) is 0. The predicted octanol–water partition coefficient (Wildman–Crippen LogP) is 3.84. The Balaban J connectivity index is 0.000000165. The fourth-order valence-electron chi connectivity index (χ4n) is 0.965. The maximum atomic E-state index is 5.60. The van der Waals surface area contributed by atoms with E-state index in [9.17, 15) is 0 Å². The van der Waals surface area contributed by atoms with Crippen LogP contribution in [0.2, 0.25) is 10.0 Å². The van der Waals surface area contributed by atoms with Gasteiger partial charge in [-0.15, -0.1) is 0 Å². The monoisotopic (exact) mass is 254 g/mol. The van der Waals surface area contributed by atoms with Gasteiger partial charge >= 0.3 is 0 Å². The molecule has 0 aliphatic rings. The van der Waals surface area contributed by atoms with Crippen molar-refractivity contribution in [3.63, 3.8) is 0 Å². The van der Waals surface area contributed by atoms with E-state index in [0.29, 0.717) is 15.7 Å². The minimum Gasteiger partial charge on any atom is -0.399 e. The van der Waals surface area contributed by atoms with Crippen LogP contribution in [0.25, 0.3) is 0 Å². The molecule has 0 spiro atoms. The standard InChI is InChI=1S/C6H5Cl2N.C6H7N/c7-5-2-1-4(9)3-6(5)8;7-6-4-2-1-3-5-6/h1-3H,9H2;1-5H,7H2. The SMILES string of the molecule is Nc1ccc(Cl)c(Cl)c1.Nc1ccccc1. The van der Waals surface area contributed by atoms with Crippen molar-refractivity contribution in [2.24, 2.45) is 0 Å². The number of halogens is 2. The average Bonchev–Trinajstić information content (AvgIpc) is 2.26. The molecule has 84 valence electrons. The third-order valence-corrected chi connectivity index (χ3v) is 2.48. The van der Waals surface area contributed by atoms with Crippen LogP contribution in [-0.2, 0) is 0 Å². The smallest absolute Gasteiger partial charge is 0.0612 e. The summed E-state index contributed by atoms with van der Waals surface area (Å²) in [5.74, 6) is 0. The molecule has 0 amide bonds. The van der Waals surface area contributed by atoms with E-state index in [1.165, 1.54) is 0 Å². The summed E-state index contributed by atoms with van der Waals surface area (Å²) in [5, 5.41) is 1.03. The zero-order valence-electron chi connectivity index (χ0n) is 8.53. The molecule has 0 radical (unpaired) electrons. The zero-order chi connectivity index (χ0) is 12.0. The Hall–Kier alpha value is -1.38. The van der Waals surface area contributed by atoms with Crippen molar-refractivity contribution >= 4 is 34.6 Å². The Morgan fingerprint density at radius 2 is 1.31 bits per heavy atom. The fourth-order valence-corrected chi connectivity index (χ4v) is 1.27. The van der Waals surface area contributed by atoms with Crippen LogP contribution >= 0.6 is 23.2 Å². The Kier molecular flexibility index (Phi) is 4.96. The highest BCUT2D eigenvalue weighted by atomic mass is 35.5. The second-order valence-electron chi connectivity index (χ2n) is 3.08. The molecular formula is C12H12Cl2N2. The van der Waals surface area contributed by atoms with Crippen LogP contribution in [0.15, 0.2) is 48.5 Å². The van der Waals surface area contributed by atoms with Gasteiger partial charge in [-0.1, -0.05) is 41.4 Å². The van der Waals surface area contributed by atoms with Crippen LogP contribution in [-0.4, -0.2) is 0 Å². The van der Waals surface area contributed by atoms with E-state index in [0.717, 1.165) is 5.69 Å². The highest BCUT2D eigenvalue weighted by Crippen LogP contribution is 2.23. The van der Waals surface area contributed by atoms with Gasteiger partial charge in [0.25, 0.3) is 0 Å². The lowest BCUT2D eigenvalue weighted by molar-refractivity contribution is 1.68. The summed E-state index contributed by atoms with van der Waals surface area (Å²) < 4.78 is 0. The lowest BCUT2D eigenvalue weighted by atomic mass is 10.3. The Morgan fingerprint density at radius 1 is 0.688 bits per heavy atom. The second-order valence-corrected chi connectivity index (χ2v) is 3.90. The van der Waals surface area contributed by atoms with Gasteiger partial charge in [-0.2, -0.15) is 0 Å². The summed E-state index contributed by atoms with van der Waals surface area (Å²) in [6.45, 7) is 0. The van der Waals surface area contributed by atoms with E-state index in [2.05, 4.69) is 0 Å². The van der Waals surface area contributed by atoms with Crippen molar-refractivity contribution in [2.75, 3.05) is 11.5 Å². The van der Waals surface area contributed by atoms with Crippen molar-refractivity contribution in [3.05, 3.63) is 58.6 Å². The molecule has 0 unspecified atom stereocenters. The molecule has 4 heteroatoms. The minimum atomic E-state index is 0.497. The number of nitrogens with two attached hydrogens (primary N) is 2. The maximum Gasteiger partial charge on any atom is 0.0612 e. The van der Waals surface area contributed by atoms with Gasteiger partial charge in [0.2, 0.25) is 0 Å². The summed E-state index contributed by atoms with van der Waals surface area (Å²) in [5.41, 5.74) is 12.2. The van der Waals surface area contributed by atoms with Gasteiger partial charge in [0.05, 0.1) is 10.0 Å². The average molecular weight is 255 g/mol. The molecule has 2 nitrogen and oxygen atoms in total. The highest BCUT2D eigenvalue weighted by molar-refractivity contribution is 6.42. The lowest BCUT2D eigenvalue weighted by Gasteiger charge is -1.94. The summed E-state index contributed by atoms with van der Waals surface area (Å²) in [4.78, 5) is 0. The number of rotatable bonds is 0. The molecule has 0 atom stereocenters. The molecular weight excluding hydrogens is 243 g/mol. The van der Waals surface area contributed by atoms with Crippen LogP contribution in [0.4, 0.5) is 11.4 Å². The van der Waals surface area contributed by atoms with Crippen molar-refractivity contribution in [1.29, 1.82) is 0 Å². The summed E-state index contributed by atoms with van der Waals surface area (Å²) >= 11 is 11.2. The first-order chi connectivity index (χ1) is 7.59. The third-order valence-electron chi connectivity index (χ3n) is 1.74. The molecule has 0 fully saturated rings. The molecule has 0 bridgehead atoms. The van der Waals surface area contributed by atoms with Crippen molar-refractivity contribution in [1.82, 2.24) is 0 Å². The molecule has 2 aromatic carbocycles. The number of benzene rings is 2. The van der Waals surface area contributed by atoms with Gasteiger partial charge in [0.1, 0.15) is 0 Å². The van der Waals surface area contributed by atoms with Gasteiger partial charge in [-0.3, -0.25) is 0 Å². The van der Waals surface area contributed by atoms with E-state index in [4.69, 9.17) is 34.7 Å². The van der Waals surface area contributed by atoms with E-state index in [1.807, 2.05) is 30.3 Å². The summed E-state index contributed by atoms with van der Waals surface area (Å²) in [6, 6.07) is 14.5. The molecule has 2 aromatic rings. The predicted molar refractivity (Wildman–Crippen MR) is 71.7 cm³/mol. The van der Waals surface area contributed by atoms with Crippen LogP contribution < -0.4 is 11.5 Å². The normalized spacial score (nSPS) is 9.12. The molecule has 16 heavy (non-hydrogen) atoms. The Bertz CT molecular complexity index is 444. The molecule has 2 rings (SSSR count). The van der Waals surface area contributed by atoms with Crippen molar-refractivity contribution in [3.8, 4) is 0 Å². The topological polar surface area (TPSA) is 52.0 Å². The van der Waals surface area contributed by atoms with Gasteiger partial charge in [-0.25, -0.2) is 0 Å². The lowest BCUT2D eigenvalue weighted by Crippen LogP contribution is -1.82. The van der Waals surface area contributed by atoms with E-state index < -0.39 is 0 Å². The first kappa shape index (κ1) is 12.7.